The van der Waals surface area contributed by atoms with E-state index in [2.05, 4.69) is 15.2 Å². The van der Waals surface area contributed by atoms with Gasteiger partial charge in [0, 0.05) is 20.1 Å². The fourth-order valence-corrected chi connectivity index (χ4v) is 3.33. The normalized spacial score (nSPS) is 14.0. The number of hydrogen-bond acceptors (Lipinski definition) is 6. The smallest absolute Gasteiger partial charge is 0.338 e. The fourth-order valence-electron chi connectivity index (χ4n) is 2.87. The van der Waals surface area contributed by atoms with Crippen molar-refractivity contribution in [2.45, 2.75) is 90.5 Å². The summed E-state index contributed by atoms with van der Waals surface area (Å²) in [6.45, 7) is 3.54. The number of carbonyl (C=O) groups is 3. The highest BCUT2D eigenvalue weighted by molar-refractivity contribution is 7.47. The van der Waals surface area contributed by atoms with E-state index in [1.807, 2.05) is 0 Å². The highest BCUT2D eigenvalue weighted by atomic mass is 31.2. The van der Waals surface area contributed by atoms with E-state index >= 15 is 0 Å². The molecular formula is C20H39N2O7P. The molecule has 0 radical (unpaired) electrons. The Hall–Kier alpha value is -1.28. The Morgan fingerprint density at radius 2 is 1.40 bits per heavy atom. The van der Waals surface area contributed by atoms with Crippen LogP contribution in [0.4, 0.5) is 4.79 Å². The molecule has 0 aromatic carbocycles. The molecule has 0 aromatic rings. The van der Waals surface area contributed by atoms with Gasteiger partial charge in [-0.25, -0.2) is 9.36 Å². The predicted octanol–water partition coefficient (Wildman–Crippen LogP) is 3.89. The van der Waals surface area contributed by atoms with Crippen LogP contribution in [0.2, 0.25) is 0 Å². The minimum absolute atomic E-state index is 0.0229. The summed E-state index contributed by atoms with van der Waals surface area (Å²) < 4.78 is 20.2. The summed E-state index contributed by atoms with van der Waals surface area (Å²) in [6, 6.07) is -1.16. The van der Waals surface area contributed by atoms with Crippen molar-refractivity contribution >= 4 is 25.4 Å². The van der Waals surface area contributed by atoms with Crippen molar-refractivity contribution in [3.8, 4) is 0 Å². The first-order valence-electron chi connectivity index (χ1n) is 10.7. The quantitative estimate of drug-likeness (QED) is 0.201. The van der Waals surface area contributed by atoms with Crippen LogP contribution in [-0.4, -0.2) is 48.8 Å². The minimum atomic E-state index is -3.83. The van der Waals surface area contributed by atoms with Gasteiger partial charge in [0.25, 0.3) is 0 Å². The van der Waals surface area contributed by atoms with Crippen molar-refractivity contribution in [1.82, 2.24) is 10.6 Å². The van der Waals surface area contributed by atoms with Crippen molar-refractivity contribution in [3.63, 3.8) is 0 Å². The van der Waals surface area contributed by atoms with Gasteiger partial charge in [0.2, 0.25) is 0 Å². The molecule has 0 aliphatic carbocycles. The highest BCUT2D eigenvalue weighted by Gasteiger charge is 2.18. The van der Waals surface area contributed by atoms with Gasteiger partial charge in [-0.1, -0.05) is 51.4 Å². The first kappa shape index (κ1) is 28.7. The third-order valence-corrected chi connectivity index (χ3v) is 5.60. The van der Waals surface area contributed by atoms with Gasteiger partial charge < -0.3 is 15.5 Å². The summed E-state index contributed by atoms with van der Waals surface area (Å²) in [5.41, 5.74) is 0. The Morgan fingerprint density at radius 3 is 1.87 bits per heavy atom. The first-order valence-corrected chi connectivity index (χ1v) is 12.2. The molecule has 0 bridgehead atoms. The number of amides is 2. The van der Waals surface area contributed by atoms with E-state index in [1.54, 1.807) is 0 Å². The lowest BCUT2D eigenvalue weighted by atomic mass is 10.1. The molecule has 176 valence electrons. The molecule has 0 aliphatic rings. The molecule has 2 amide bonds. The lowest BCUT2D eigenvalue weighted by Crippen LogP contribution is -2.46. The van der Waals surface area contributed by atoms with Crippen LogP contribution in [0.25, 0.3) is 0 Å². The number of urea groups is 1. The van der Waals surface area contributed by atoms with Crippen molar-refractivity contribution < 1.29 is 32.9 Å². The summed E-state index contributed by atoms with van der Waals surface area (Å²) in [5.74, 6) is -0.361. The number of nitrogens with one attached hydrogen (secondary N) is 2. The lowest BCUT2D eigenvalue weighted by Gasteiger charge is -2.15. The number of carbonyl (C=O) groups excluding carboxylic acids is 3. The molecule has 2 unspecified atom stereocenters. The van der Waals surface area contributed by atoms with Crippen LogP contribution in [-0.2, 0) is 23.2 Å². The van der Waals surface area contributed by atoms with Crippen molar-refractivity contribution in [1.29, 1.82) is 0 Å². The molecule has 0 heterocycles. The van der Waals surface area contributed by atoms with Crippen molar-refractivity contribution in [2.75, 3.05) is 20.3 Å². The van der Waals surface area contributed by atoms with Crippen LogP contribution < -0.4 is 10.6 Å². The van der Waals surface area contributed by atoms with Crippen LogP contribution in [0, 0.1) is 0 Å². The Morgan fingerprint density at radius 1 is 0.900 bits per heavy atom. The van der Waals surface area contributed by atoms with Crippen LogP contribution in [0.15, 0.2) is 0 Å². The van der Waals surface area contributed by atoms with Gasteiger partial charge in [-0.05, 0) is 26.7 Å². The third kappa shape index (κ3) is 17.6. The largest absolute Gasteiger partial charge is 0.471 e. The van der Waals surface area contributed by atoms with Crippen molar-refractivity contribution in [2.24, 2.45) is 0 Å². The number of ketones is 2. The summed E-state index contributed by atoms with van der Waals surface area (Å²) in [7, 11) is -2.68. The molecule has 10 heteroatoms. The van der Waals surface area contributed by atoms with E-state index in [-0.39, 0.29) is 24.6 Å². The maximum atomic E-state index is 11.8. The monoisotopic (exact) mass is 450 g/mol. The second-order valence-corrected chi connectivity index (χ2v) is 9.05. The van der Waals surface area contributed by atoms with Gasteiger partial charge in [-0.3, -0.25) is 18.6 Å². The van der Waals surface area contributed by atoms with Crippen molar-refractivity contribution in [3.05, 3.63) is 0 Å². The average molecular weight is 451 g/mol. The zero-order valence-corrected chi connectivity index (χ0v) is 19.5. The Balaban J connectivity index is 3.47. The second-order valence-electron chi connectivity index (χ2n) is 7.49. The topological polar surface area (TPSA) is 131 Å². The zero-order valence-electron chi connectivity index (χ0n) is 18.6. The molecule has 30 heavy (non-hydrogen) atoms. The maximum Gasteiger partial charge on any atom is 0.471 e. The van der Waals surface area contributed by atoms with Gasteiger partial charge in [0.15, 0.2) is 5.78 Å². The van der Waals surface area contributed by atoms with Gasteiger partial charge >= 0.3 is 13.9 Å². The standard InChI is InChI=1S/C20H39N2O7P/c1-17(23)16-19(18(2)24)22-20(25)21-14-12-10-8-6-4-5-7-9-11-13-15-29-30(26,27)28-3/h19H,4-16H2,1-3H3,(H,26,27)(H2,21,22,25). The Kier molecular flexibility index (Phi) is 16.7. The molecule has 0 aliphatic heterocycles. The van der Waals surface area contributed by atoms with Gasteiger partial charge in [0.05, 0.1) is 12.6 Å². The highest BCUT2D eigenvalue weighted by Crippen LogP contribution is 2.41. The molecule has 0 aromatic heterocycles. The molecule has 0 rings (SSSR count). The number of phosphoric acid groups is 1. The second kappa shape index (κ2) is 17.4. The van der Waals surface area contributed by atoms with Crippen LogP contribution in [0.3, 0.4) is 0 Å². The third-order valence-electron chi connectivity index (χ3n) is 4.63. The lowest BCUT2D eigenvalue weighted by molar-refractivity contribution is -0.123. The van der Waals surface area contributed by atoms with E-state index in [1.165, 1.54) is 26.7 Å². The molecular weight excluding hydrogens is 411 g/mol. The number of rotatable bonds is 19. The molecule has 0 fully saturated rings. The Labute approximate surface area is 180 Å². The van der Waals surface area contributed by atoms with E-state index in [9.17, 15) is 18.9 Å². The molecule has 3 N–H and O–H groups in total. The molecule has 0 spiro atoms. The molecule has 2 atom stereocenters. The van der Waals surface area contributed by atoms with Gasteiger partial charge in [-0.2, -0.15) is 0 Å². The summed E-state index contributed by atoms with van der Waals surface area (Å²) in [6.07, 6.45) is 10.5. The van der Waals surface area contributed by atoms with Gasteiger partial charge in [-0.15, -0.1) is 0 Å². The van der Waals surface area contributed by atoms with E-state index in [0.29, 0.717) is 6.54 Å². The summed E-state index contributed by atoms with van der Waals surface area (Å²) >= 11 is 0. The Bertz CT molecular complexity index is 557. The van der Waals surface area contributed by atoms with E-state index < -0.39 is 19.9 Å². The number of phosphoric ester groups is 1. The summed E-state index contributed by atoms with van der Waals surface area (Å²) in [5, 5.41) is 5.27. The van der Waals surface area contributed by atoms with Crippen LogP contribution in [0.1, 0.15) is 84.5 Å². The predicted molar refractivity (Wildman–Crippen MR) is 115 cm³/mol. The SMILES string of the molecule is COP(=O)(O)OCCCCCCCCCCCCNC(=O)NC(CC(C)=O)C(C)=O. The van der Waals surface area contributed by atoms with Gasteiger partial charge in [0.1, 0.15) is 5.78 Å². The molecule has 9 nitrogen and oxygen atoms in total. The molecule has 0 saturated carbocycles. The van der Waals surface area contributed by atoms with E-state index in [0.717, 1.165) is 58.5 Å². The van der Waals surface area contributed by atoms with Crippen LogP contribution >= 0.6 is 7.82 Å². The number of hydrogen-bond donors (Lipinski definition) is 3. The summed E-state index contributed by atoms with van der Waals surface area (Å²) in [4.78, 5) is 43.4. The zero-order chi connectivity index (χ0) is 22.8. The molecule has 0 saturated heterocycles. The fraction of sp³-hybridized carbons (Fsp3) is 0.850. The first-order chi connectivity index (χ1) is 14.2. The average Bonchev–Trinajstić information content (AvgIpc) is 2.67. The number of Topliss-reactive ketones (excluding diaryl/α,β-unsaturated/α-hetero) is 2. The minimum Gasteiger partial charge on any atom is -0.338 e. The number of unbranched alkanes of at least 4 members (excludes halogenated alkanes) is 9. The van der Waals surface area contributed by atoms with Crippen LogP contribution in [0.5, 0.6) is 0 Å². The maximum absolute atomic E-state index is 11.8. The van der Waals surface area contributed by atoms with E-state index in [4.69, 9.17) is 9.42 Å².